The van der Waals surface area contributed by atoms with Crippen molar-refractivity contribution in [3.8, 4) is 6.07 Å². The van der Waals surface area contributed by atoms with Crippen LogP contribution in [0.2, 0.25) is 0 Å². The molecule has 0 saturated carbocycles. The van der Waals surface area contributed by atoms with Crippen molar-refractivity contribution in [1.29, 1.82) is 5.26 Å². The number of benzene rings is 2. The molecule has 1 aliphatic rings. The molecule has 5 nitrogen and oxygen atoms in total. The highest BCUT2D eigenvalue weighted by molar-refractivity contribution is 6.07. The molecule has 1 heterocycles. The first-order valence-corrected chi connectivity index (χ1v) is 7.56. The molecule has 0 radical (unpaired) electrons. The average molecular weight is 307 g/mol. The number of rotatable bonds is 4. The minimum absolute atomic E-state index is 0.265. The van der Waals surface area contributed by atoms with Gasteiger partial charge in [-0.25, -0.2) is 4.79 Å². The molecule has 23 heavy (non-hydrogen) atoms. The number of amides is 3. The maximum atomic E-state index is 12.7. The molecule has 0 aliphatic carbocycles. The van der Waals surface area contributed by atoms with Crippen LogP contribution in [-0.4, -0.2) is 23.4 Å². The molecule has 2 aromatic rings. The number of hydrogen-bond donors (Lipinski definition) is 1. The number of carbonyl (C=O) groups is 2. The first-order chi connectivity index (χ1) is 11.1. The smallest absolute Gasteiger partial charge is 0.319 e. The number of urea groups is 1. The van der Waals surface area contributed by atoms with E-state index in [9.17, 15) is 9.59 Å². The first kappa shape index (κ1) is 15.0. The summed E-state index contributed by atoms with van der Waals surface area (Å²) in [6.45, 7) is 1.99. The normalized spacial score (nSPS) is 20.6. The summed E-state index contributed by atoms with van der Waals surface area (Å²) in [6, 6.07) is 15.3. The molecule has 3 amide bonds. The standard InChI is InChI=1S/C18H17N3O2/c1-18(15-9-8-13-6-2-3-7-14(13)12-15)16(22)21(17(23)20-18)11-5-4-10-19/h2-3,6-9,12H,4-5,11H2,1H3,(H,20,23). The molecule has 1 aliphatic heterocycles. The predicted octanol–water partition coefficient (Wildman–Crippen LogP) is 2.91. The van der Waals surface area contributed by atoms with Crippen LogP contribution >= 0.6 is 0 Å². The molecule has 1 fully saturated rings. The van der Waals surface area contributed by atoms with Crippen LogP contribution in [0.4, 0.5) is 4.79 Å². The Kier molecular flexibility index (Phi) is 3.75. The van der Waals surface area contributed by atoms with Gasteiger partial charge in [0.2, 0.25) is 0 Å². The molecule has 3 rings (SSSR count). The summed E-state index contributed by atoms with van der Waals surface area (Å²) >= 11 is 0. The quantitative estimate of drug-likeness (QED) is 0.697. The third kappa shape index (κ3) is 2.53. The van der Waals surface area contributed by atoms with Crippen LogP contribution in [0.25, 0.3) is 10.8 Å². The number of carbonyl (C=O) groups excluding carboxylic acids is 2. The second-order valence-electron chi connectivity index (χ2n) is 5.84. The largest absolute Gasteiger partial charge is 0.325 e. The van der Waals surface area contributed by atoms with Gasteiger partial charge in [-0.3, -0.25) is 9.69 Å². The van der Waals surface area contributed by atoms with Gasteiger partial charge in [-0.05, 0) is 35.7 Å². The lowest BCUT2D eigenvalue weighted by molar-refractivity contribution is -0.131. The van der Waals surface area contributed by atoms with Gasteiger partial charge < -0.3 is 5.32 Å². The van der Waals surface area contributed by atoms with Crippen molar-refractivity contribution in [2.24, 2.45) is 0 Å². The summed E-state index contributed by atoms with van der Waals surface area (Å²) in [6.07, 6.45) is 0.813. The zero-order valence-corrected chi connectivity index (χ0v) is 12.9. The van der Waals surface area contributed by atoms with E-state index in [4.69, 9.17) is 5.26 Å². The topological polar surface area (TPSA) is 73.2 Å². The Bertz CT molecular complexity index is 824. The number of unbranched alkanes of at least 4 members (excludes halogenated alkanes) is 1. The zero-order valence-electron chi connectivity index (χ0n) is 12.9. The summed E-state index contributed by atoms with van der Waals surface area (Å²) in [7, 11) is 0. The van der Waals surface area contributed by atoms with E-state index in [1.165, 1.54) is 4.90 Å². The van der Waals surface area contributed by atoms with Crippen LogP contribution in [0.3, 0.4) is 0 Å². The lowest BCUT2D eigenvalue weighted by Gasteiger charge is -2.22. The van der Waals surface area contributed by atoms with Gasteiger partial charge in [-0.1, -0.05) is 36.4 Å². The Hall–Kier alpha value is -2.87. The van der Waals surface area contributed by atoms with E-state index in [0.29, 0.717) is 12.8 Å². The fraction of sp³-hybridized carbons (Fsp3) is 0.278. The van der Waals surface area contributed by atoms with Crippen LogP contribution in [0, 0.1) is 11.3 Å². The van der Waals surface area contributed by atoms with Crippen molar-refractivity contribution in [2.45, 2.75) is 25.3 Å². The van der Waals surface area contributed by atoms with Crippen molar-refractivity contribution in [3.05, 3.63) is 48.0 Å². The highest BCUT2D eigenvalue weighted by Crippen LogP contribution is 2.31. The summed E-state index contributed by atoms with van der Waals surface area (Å²) in [4.78, 5) is 26.1. The molecule has 116 valence electrons. The van der Waals surface area contributed by atoms with Crippen molar-refractivity contribution in [3.63, 3.8) is 0 Å². The summed E-state index contributed by atoms with van der Waals surface area (Å²) in [5.74, 6) is -0.268. The van der Waals surface area contributed by atoms with E-state index in [-0.39, 0.29) is 12.5 Å². The fourth-order valence-corrected chi connectivity index (χ4v) is 2.91. The Morgan fingerprint density at radius 1 is 1.17 bits per heavy atom. The van der Waals surface area contributed by atoms with Gasteiger partial charge >= 0.3 is 6.03 Å². The fourth-order valence-electron chi connectivity index (χ4n) is 2.91. The lowest BCUT2D eigenvalue weighted by atomic mass is 9.90. The van der Waals surface area contributed by atoms with E-state index in [2.05, 4.69) is 5.32 Å². The molecule has 2 aromatic carbocycles. The summed E-state index contributed by atoms with van der Waals surface area (Å²) in [5, 5.41) is 13.5. The van der Waals surface area contributed by atoms with Gasteiger partial charge in [-0.15, -0.1) is 0 Å². The van der Waals surface area contributed by atoms with Gasteiger partial charge in [0, 0.05) is 13.0 Å². The number of nitrogens with one attached hydrogen (secondary N) is 1. The van der Waals surface area contributed by atoms with Crippen molar-refractivity contribution >= 4 is 22.7 Å². The van der Waals surface area contributed by atoms with Crippen LogP contribution in [0.5, 0.6) is 0 Å². The monoisotopic (exact) mass is 307 g/mol. The number of fused-ring (bicyclic) bond motifs is 1. The van der Waals surface area contributed by atoms with Gasteiger partial charge in [0.05, 0.1) is 6.07 Å². The molecular formula is C18H17N3O2. The molecule has 5 heteroatoms. The molecule has 1 unspecified atom stereocenters. The van der Waals surface area contributed by atoms with E-state index in [1.807, 2.05) is 48.5 Å². The Morgan fingerprint density at radius 3 is 2.65 bits per heavy atom. The minimum atomic E-state index is -1.06. The number of nitriles is 1. The number of imide groups is 1. The molecule has 1 saturated heterocycles. The molecular weight excluding hydrogens is 290 g/mol. The van der Waals surface area contributed by atoms with Crippen molar-refractivity contribution in [1.82, 2.24) is 10.2 Å². The van der Waals surface area contributed by atoms with Crippen LogP contribution in [-0.2, 0) is 10.3 Å². The van der Waals surface area contributed by atoms with Gasteiger partial charge in [0.25, 0.3) is 5.91 Å². The first-order valence-electron chi connectivity index (χ1n) is 7.56. The maximum absolute atomic E-state index is 12.7. The number of nitrogens with zero attached hydrogens (tertiary/aromatic N) is 2. The highest BCUT2D eigenvalue weighted by atomic mass is 16.2. The lowest BCUT2D eigenvalue weighted by Crippen LogP contribution is -2.41. The Morgan fingerprint density at radius 2 is 1.91 bits per heavy atom. The summed E-state index contributed by atoms with van der Waals surface area (Å²) < 4.78 is 0. The van der Waals surface area contributed by atoms with Crippen LogP contribution < -0.4 is 5.32 Å². The van der Waals surface area contributed by atoms with Crippen LogP contribution in [0.15, 0.2) is 42.5 Å². The zero-order chi connectivity index (χ0) is 16.4. The number of hydrogen-bond acceptors (Lipinski definition) is 3. The van der Waals surface area contributed by atoms with Crippen molar-refractivity contribution < 1.29 is 9.59 Å². The van der Waals surface area contributed by atoms with Gasteiger partial charge in [0.1, 0.15) is 5.54 Å². The minimum Gasteiger partial charge on any atom is -0.319 e. The third-order valence-electron chi connectivity index (χ3n) is 4.27. The predicted molar refractivity (Wildman–Crippen MR) is 86.4 cm³/mol. The van der Waals surface area contributed by atoms with E-state index in [0.717, 1.165) is 16.3 Å². The Balaban J connectivity index is 1.92. The highest BCUT2D eigenvalue weighted by Gasteiger charge is 2.48. The second-order valence-corrected chi connectivity index (χ2v) is 5.84. The SMILES string of the molecule is CC1(c2ccc3ccccc3c2)NC(=O)N(CCCC#N)C1=O. The maximum Gasteiger partial charge on any atom is 0.325 e. The summed E-state index contributed by atoms with van der Waals surface area (Å²) in [5.41, 5.74) is -0.300. The van der Waals surface area contributed by atoms with Crippen molar-refractivity contribution in [2.75, 3.05) is 6.54 Å². The van der Waals surface area contributed by atoms with E-state index < -0.39 is 11.6 Å². The van der Waals surface area contributed by atoms with E-state index >= 15 is 0 Å². The average Bonchev–Trinajstić information content (AvgIpc) is 2.78. The molecule has 0 bridgehead atoms. The molecule has 1 atom stereocenters. The molecule has 0 spiro atoms. The van der Waals surface area contributed by atoms with E-state index in [1.54, 1.807) is 6.92 Å². The van der Waals surface area contributed by atoms with Crippen LogP contribution in [0.1, 0.15) is 25.3 Å². The molecule has 0 aromatic heterocycles. The van der Waals surface area contributed by atoms with Gasteiger partial charge in [-0.2, -0.15) is 5.26 Å². The Labute approximate surface area is 134 Å². The molecule has 1 N–H and O–H groups in total. The third-order valence-corrected chi connectivity index (χ3v) is 4.27. The van der Waals surface area contributed by atoms with Gasteiger partial charge in [0.15, 0.2) is 0 Å². The second kappa shape index (κ2) is 5.73.